The van der Waals surface area contributed by atoms with E-state index in [2.05, 4.69) is 6.07 Å². The lowest BCUT2D eigenvalue weighted by molar-refractivity contribution is -0.384. The zero-order valence-electron chi connectivity index (χ0n) is 17.6. The van der Waals surface area contributed by atoms with Crippen LogP contribution in [0.1, 0.15) is 24.0 Å². The summed E-state index contributed by atoms with van der Waals surface area (Å²) in [6.07, 6.45) is 0. The molecule has 4 rings (SSSR count). The van der Waals surface area contributed by atoms with Crippen molar-refractivity contribution < 1.29 is 19.2 Å². The molecule has 0 spiro atoms. The molecule has 3 aromatic rings. The summed E-state index contributed by atoms with van der Waals surface area (Å²) in [7, 11) is 0. The van der Waals surface area contributed by atoms with E-state index in [9.17, 15) is 20.2 Å². The second-order valence-electron chi connectivity index (χ2n) is 7.30. The number of hydrogen-bond acceptors (Lipinski definition) is 7. The maximum absolute atomic E-state index is 13.1. The van der Waals surface area contributed by atoms with Crippen LogP contribution < -0.4 is 5.73 Å². The van der Waals surface area contributed by atoms with E-state index in [1.807, 2.05) is 42.5 Å². The molecule has 1 aliphatic heterocycles. The van der Waals surface area contributed by atoms with Crippen molar-refractivity contribution in [2.75, 3.05) is 6.61 Å². The number of nitro benzene ring substituents is 1. The van der Waals surface area contributed by atoms with E-state index >= 15 is 0 Å². The van der Waals surface area contributed by atoms with Crippen LogP contribution in [-0.2, 0) is 14.3 Å². The lowest BCUT2D eigenvalue weighted by atomic mass is 9.81. The smallest absolute Gasteiger partial charge is 0.338 e. The maximum Gasteiger partial charge on any atom is 0.338 e. The van der Waals surface area contributed by atoms with E-state index < -0.39 is 16.8 Å². The second-order valence-corrected chi connectivity index (χ2v) is 7.30. The molecule has 2 N–H and O–H groups in total. The third kappa shape index (κ3) is 4.00. The molecular weight excluding hydrogens is 422 g/mol. The van der Waals surface area contributed by atoms with Crippen molar-refractivity contribution >= 4 is 28.2 Å². The van der Waals surface area contributed by atoms with Crippen LogP contribution in [-0.4, -0.2) is 17.5 Å². The van der Waals surface area contributed by atoms with Gasteiger partial charge in [-0.2, -0.15) is 5.26 Å². The number of fused-ring (bicyclic) bond motifs is 1. The number of nitrogens with zero attached hydrogens (tertiary/aromatic N) is 2. The van der Waals surface area contributed by atoms with Gasteiger partial charge in [-0.25, -0.2) is 4.79 Å². The zero-order chi connectivity index (χ0) is 23.5. The Kier molecular flexibility index (Phi) is 5.79. The lowest BCUT2D eigenvalue weighted by Gasteiger charge is -2.28. The van der Waals surface area contributed by atoms with Gasteiger partial charge >= 0.3 is 5.97 Å². The van der Waals surface area contributed by atoms with Crippen LogP contribution in [0.3, 0.4) is 0 Å². The van der Waals surface area contributed by atoms with Gasteiger partial charge in [0.25, 0.3) is 5.69 Å². The molecule has 33 heavy (non-hydrogen) atoms. The largest absolute Gasteiger partial charge is 0.463 e. The van der Waals surface area contributed by atoms with Crippen molar-refractivity contribution in [3.8, 4) is 6.07 Å². The van der Waals surface area contributed by atoms with Crippen LogP contribution in [0.25, 0.3) is 16.5 Å². The molecule has 0 aromatic heterocycles. The highest BCUT2D eigenvalue weighted by atomic mass is 16.6. The van der Waals surface area contributed by atoms with Crippen molar-refractivity contribution in [3.63, 3.8) is 0 Å². The number of ether oxygens (including phenoxy) is 2. The number of nitrogens with two attached hydrogens (primary N) is 1. The van der Waals surface area contributed by atoms with Gasteiger partial charge in [-0.05, 0) is 23.3 Å². The number of carbonyl (C=O) groups excluding carboxylic acids is 1. The van der Waals surface area contributed by atoms with Gasteiger partial charge in [0.2, 0.25) is 5.88 Å². The lowest BCUT2D eigenvalue weighted by Crippen LogP contribution is -2.26. The highest BCUT2D eigenvalue weighted by Crippen LogP contribution is 2.43. The fraction of sp³-hybridized carbons (Fsp3) is 0.120. The Morgan fingerprint density at radius 1 is 1.15 bits per heavy atom. The van der Waals surface area contributed by atoms with Gasteiger partial charge in [-0.15, -0.1) is 0 Å². The van der Waals surface area contributed by atoms with E-state index in [1.165, 1.54) is 18.2 Å². The number of nitro groups is 1. The number of benzene rings is 3. The fourth-order valence-electron chi connectivity index (χ4n) is 3.87. The molecule has 8 heteroatoms. The quantitative estimate of drug-likeness (QED) is 0.350. The maximum atomic E-state index is 13.1. The summed E-state index contributed by atoms with van der Waals surface area (Å²) in [5, 5.41) is 23.1. The average molecular weight is 441 g/mol. The predicted octanol–water partition coefficient (Wildman–Crippen LogP) is 4.53. The van der Waals surface area contributed by atoms with Gasteiger partial charge < -0.3 is 15.2 Å². The summed E-state index contributed by atoms with van der Waals surface area (Å²) in [6.45, 7) is 1.76. The molecule has 0 radical (unpaired) electrons. The normalized spacial score (nSPS) is 15.7. The van der Waals surface area contributed by atoms with Crippen molar-refractivity contribution in [1.82, 2.24) is 0 Å². The minimum absolute atomic E-state index is 0.0202. The van der Waals surface area contributed by atoms with Gasteiger partial charge in [0.05, 0.1) is 23.0 Å². The first-order chi connectivity index (χ1) is 15.9. The molecule has 164 valence electrons. The number of hydrogen-bond donors (Lipinski definition) is 1. The van der Waals surface area contributed by atoms with Gasteiger partial charge in [-0.3, -0.25) is 10.1 Å². The first-order valence-electron chi connectivity index (χ1n) is 10.2. The molecule has 1 heterocycles. The molecule has 1 unspecified atom stereocenters. The van der Waals surface area contributed by atoms with Crippen LogP contribution in [0, 0.1) is 21.4 Å². The molecule has 0 amide bonds. The van der Waals surface area contributed by atoms with Crippen molar-refractivity contribution in [2.24, 2.45) is 5.73 Å². The molecule has 0 fully saturated rings. The van der Waals surface area contributed by atoms with Crippen LogP contribution in [0.4, 0.5) is 5.69 Å². The summed E-state index contributed by atoms with van der Waals surface area (Å²) < 4.78 is 11.0. The molecule has 0 aliphatic carbocycles. The zero-order valence-corrected chi connectivity index (χ0v) is 17.6. The Labute approximate surface area is 189 Å². The molecule has 0 saturated heterocycles. The minimum Gasteiger partial charge on any atom is -0.463 e. The number of nitriles is 1. The van der Waals surface area contributed by atoms with Crippen LogP contribution in [0.2, 0.25) is 0 Å². The first kappa shape index (κ1) is 21.6. The van der Waals surface area contributed by atoms with E-state index in [4.69, 9.17) is 15.2 Å². The average Bonchev–Trinajstić information content (AvgIpc) is 2.83. The van der Waals surface area contributed by atoms with Gasteiger partial charge in [-0.1, -0.05) is 54.6 Å². The summed E-state index contributed by atoms with van der Waals surface area (Å²) in [6, 6.07) is 21.0. The number of carbonyl (C=O) groups is 1. The highest BCUT2D eigenvalue weighted by molar-refractivity contribution is 6.00. The van der Waals surface area contributed by atoms with Crippen LogP contribution in [0.15, 0.2) is 83.8 Å². The standard InChI is InChI=1S/C25H19N3O5/c1-2-32-25(29)22-21(17-11-10-15-6-3-4-7-16(15)12-17)20(14-26)24(27)33-23(22)18-8-5-9-19(13-18)28(30)31/h3-13,21H,2,27H2,1H3. The van der Waals surface area contributed by atoms with Crippen LogP contribution in [0.5, 0.6) is 0 Å². The second kappa shape index (κ2) is 8.85. The monoisotopic (exact) mass is 441 g/mol. The summed E-state index contributed by atoms with van der Waals surface area (Å²) in [5.74, 6) is -1.73. The van der Waals surface area contributed by atoms with E-state index in [0.717, 1.165) is 10.8 Å². The highest BCUT2D eigenvalue weighted by Gasteiger charge is 2.38. The van der Waals surface area contributed by atoms with E-state index in [0.29, 0.717) is 5.56 Å². The van der Waals surface area contributed by atoms with Crippen molar-refractivity contribution in [3.05, 3.63) is 105 Å². The Morgan fingerprint density at radius 3 is 2.61 bits per heavy atom. The predicted molar refractivity (Wildman–Crippen MR) is 121 cm³/mol. The third-order valence-electron chi connectivity index (χ3n) is 5.34. The van der Waals surface area contributed by atoms with Crippen molar-refractivity contribution in [2.45, 2.75) is 12.8 Å². The molecule has 1 aliphatic rings. The Hall–Kier alpha value is -4.64. The van der Waals surface area contributed by atoms with Gasteiger partial charge in [0.15, 0.2) is 0 Å². The topological polar surface area (TPSA) is 128 Å². The number of allylic oxidation sites excluding steroid dienone is 1. The number of esters is 1. The minimum atomic E-state index is -0.873. The molecule has 8 nitrogen and oxygen atoms in total. The molecular formula is C25H19N3O5. The molecule has 0 bridgehead atoms. The van der Waals surface area contributed by atoms with Gasteiger partial charge in [0.1, 0.15) is 17.4 Å². The summed E-state index contributed by atoms with van der Waals surface area (Å²) in [4.78, 5) is 23.9. The van der Waals surface area contributed by atoms with Crippen molar-refractivity contribution in [1.29, 1.82) is 5.26 Å². The van der Waals surface area contributed by atoms with E-state index in [1.54, 1.807) is 13.0 Å². The van der Waals surface area contributed by atoms with Gasteiger partial charge in [0, 0.05) is 17.7 Å². The summed E-state index contributed by atoms with van der Waals surface area (Å²) in [5.41, 5.74) is 6.96. The summed E-state index contributed by atoms with van der Waals surface area (Å²) >= 11 is 0. The third-order valence-corrected chi connectivity index (χ3v) is 5.34. The molecule has 0 saturated carbocycles. The molecule has 1 atom stereocenters. The Morgan fingerprint density at radius 2 is 1.91 bits per heavy atom. The molecule has 3 aromatic carbocycles. The first-order valence-corrected chi connectivity index (χ1v) is 10.2. The Bertz CT molecular complexity index is 1380. The SMILES string of the molecule is CCOC(=O)C1=C(c2cccc([N+](=O)[O-])c2)OC(N)=C(C#N)C1c1ccc2ccccc2c1. The van der Waals surface area contributed by atoms with Crippen LogP contribution >= 0.6 is 0 Å². The Balaban J connectivity index is 1.99. The van der Waals surface area contributed by atoms with E-state index in [-0.39, 0.29) is 40.6 Å². The number of rotatable bonds is 5. The number of non-ortho nitro benzene ring substituents is 1. The fourth-order valence-corrected chi connectivity index (χ4v) is 3.87.